The number of rotatable bonds is 5. The number of amidine groups is 1. The van der Waals surface area contributed by atoms with Crippen molar-refractivity contribution in [3.05, 3.63) is 47.2 Å². The summed E-state index contributed by atoms with van der Waals surface area (Å²) in [7, 11) is 1.70. The zero-order valence-electron chi connectivity index (χ0n) is 14.2. The summed E-state index contributed by atoms with van der Waals surface area (Å²) in [6, 6.07) is 8.14. The Kier molecular flexibility index (Phi) is 5.85. The Bertz CT molecular complexity index is 779. The van der Waals surface area contributed by atoms with Gasteiger partial charge in [0, 0.05) is 12.7 Å². The molecule has 2 amide bonds. The van der Waals surface area contributed by atoms with Crippen LogP contribution in [-0.4, -0.2) is 41.7 Å². The molecule has 0 spiro atoms. The number of benzene rings is 1. The van der Waals surface area contributed by atoms with Gasteiger partial charge < -0.3 is 15.4 Å². The van der Waals surface area contributed by atoms with E-state index < -0.39 is 6.03 Å². The first-order chi connectivity index (χ1) is 12.6. The first-order valence-electron chi connectivity index (χ1n) is 8.13. The lowest BCUT2D eigenvalue weighted by Gasteiger charge is -2.09. The van der Waals surface area contributed by atoms with Crippen LogP contribution < -0.4 is 16.0 Å². The van der Waals surface area contributed by atoms with Crippen LogP contribution in [0.1, 0.15) is 12.0 Å². The lowest BCUT2D eigenvalue weighted by atomic mass is 10.1. The molecule has 3 rings (SSSR count). The van der Waals surface area contributed by atoms with Crippen molar-refractivity contribution in [2.75, 3.05) is 24.3 Å². The molecule has 2 heterocycles. The molecule has 26 heavy (non-hydrogen) atoms. The minimum absolute atomic E-state index is 0.185. The minimum atomic E-state index is -0.418. The molecule has 1 unspecified atom stereocenters. The van der Waals surface area contributed by atoms with Crippen molar-refractivity contribution in [2.45, 2.75) is 18.9 Å². The third-order valence-electron chi connectivity index (χ3n) is 3.79. The molecule has 9 heteroatoms. The van der Waals surface area contributed by atoms with Crippen LogP contribution in [0.25, 0.3) is 0 Å². The molecule has 1 fully saturated rings. The maximum Gasteiger partial charge on any atom is 0.326 e. The smallest absolute Gasteiger partial charge is 0.326 e. The van der Waals surface area contributed by atoms with E-state index in [2.05, 4.69) is 30.9 Å². The number of hydrogen-bond acceptors (Lipinski definition) is 5. The number of ether oxygens (including phenoxy) is 1. The highest BCUT2D eigenvalue weighted by Crippen LogP contribution is 2.14. The lowest BCUT2D eigenvalue weighted by molar-refractivity contribution is 0.262. The second kappa shape index (κ2) is 8.48. The molecule has 1 aromatic carbocycles. The van der Waals surface area contributed by atoms with Gasteiger partial charge in [-0.05, 0) is 30.5 Å². The van der Waals surface area contributed by atoms with E-state index in [9.17, 15) is 4.79 Å². The van der Waals surface area contributed by atoms with E-state index >= 15 is 0 Å². The Morgan fingerprint density at radius 2 is 2.04 bits per heavy atom. The van der Waals surface area contributed by atoms with Gasteiger partial charge in [-0.1, -0.05) is 23.7 Å². The van der Waals surface area contributed by atoms with E-state index in [4.69, 9.17) is 16.3 Å². The minimum Gasteiger partial charge on any atom is -0.463 e. The van der Waals surface area contributed by atoms with Crippen LogP contribution in [-0.2, 0) is 11.2 Å². The standard InChI is InChI=1S/C17H19ClN6O2/c1-19-17-23-14(10-26-17)7-4-11-2-5-13(6-3-11)22-16(25)24-15-20-8-12(18)9-21-15/h2-3,5-6,8-9,14H,4,7,10H2,1H3,(H,19,23)(H2,20,21,22,24,25). The number of carbonyl (C=O) groups excluding carboxylic acids is 1. The largest absolute Gasteiger partial charge is 0.463 e. The molecule has 0 aliphatic carbocycles. The van der Waals surface area contributed by atoms with Gasteiger partial charge in [-0.2, -0.15) is 0 Å². The van der Waals surface area contributed by atoms with Crippen LogP contribution in [0.5, 0.6) is 0 Å². The van der Waals surface area contributed by atoms with E-state index in [0.717, 1.165) is 12.8 Å². The van der Waals surface area contributed by atoms with E-state index in [-0.39, 0.29) is 12.0 Å². The van der Waals surface area contributed by atoms with Gasteiger partial charge in [-0.3, -0.25) is 5.32 Å². The Morgan fingerprint density at radius 1 is 1.31 bits per heavy atom. The number of amides is 2. The van der Waals surface area contributed by atoms with Gasteiger partial charge in [0.1, 0.15) is 6.61 Å². The van der Waals surface area contributed by atoms with Gasteiger partial charge in [0.05, 0.1) is 23.5 Å². The molecule has 1 aromatic heterocycles. The maximum atomic E-state index is 11.9. The number of aromatic nitrogens is 2. The number of aliphatic imine (C=N–C) groups is 1. The zero-order valence-corrected chi connectivity index (χ0v) is 15.0. The normalized spacial score (nSPS) is 17.5. The lowest BCUT2D eigenvalue weighted by Crippen LogP contribution is -2.27. The highest BCUT2D eigenvalue weighted by Gasteiger charge is 2.19. The first-order valence-corrected chi connectivity index (χ1v) is 8.51. The Labute approximate surface area is 156 Å². The Hall–Kier alpha value is -2.87. The number of nitrogens with zero attached hydrogens (tertiary/aromatic N) is 3. The summed E-state index contributed by atoms with van der Waals surface area (Å²) in [5.41, 5.74) is 1.86. The second-order valence-corrected chi connectivity index (χ2v) is 6.16. The van der Waals surface area contributed by atoms with Crippen molar-refractivity contribution >= 4 is 35.3 Å². The zero-order chi connectivity index (χ0) is 18.4. The summed E-state index contributed by atoms with van der Waals surface area (Å²) >= 11 is 5.70. The Morgan fingerprint density at radius 3 is 2.69 bits per heavy atom. The number of aryl methyl sites for hydroxylation is 1. The highest BCUT2D eigenvalue weighted by molar-refractivity contribution is 6.30. The van der Waals surface area contributed by atoms with Crippen molar-refractivity contribution in [1.82, 2.24) is 15.3 Å². The van der Waals surface area contributed by atoms with Crippen molar-refractivity contribution in [3.63, 3.8) is 0 Å². The van der Waals surface area contributed by atoms with Crippen molar-refractivity contribution in [1.29, 1.82) is 0 Å². The van der Waals surface area contributed by atoms with Gasteiger partial charge in [-0.15, -0.1) is 0 Å². The molecule has 0 radical (unpaired) electrons. The fourth-order valence-electron chi connectivity index (χ4n) is 2.46. The number of anilines is 2. The fraction of sp³-hybridized carbons (Fsp3) is 0.294. The van der Waals surface area contributed by atoms with E-state index in [1.807, 2.05) is 24.3 Å². The van der Waals surface area contributed by atoms with Crippen LogP contribution in [0, 0.1) is 0 Å². The summed E-state index contributed by atoms with van der Waals surface area (Å²) in [5.74, 6) is 0.185. The van der Waals surface area contributed by atoms with Crippen LogP contribution in [0.3, 0.4) is 0 Å². The van der Waals surface area contributed by atoms with Gasteiger partial charge >= 0.3 is 6.03 Å². The SMILES string of the molecule is CN=C1NC(CCc2ccc(NC(=O)Nc3ncc(Cl)cn3)cc2)CO1. The summed E-state index contributed by atoms with van der Waals surface area (Å²) in [6.07, 6.45) is 4.68. The molecule has 2 aromatic rings. The molecular formula is C17H19ClN6O2. The predicted molar refractivity (Wildman–Crippen MR) is 101 cm³/mol. The van der Waals surface area contributed by atoms with Gasteiger partial charge in [-0.25, -0.2) is 19.8 Å². The second-order valence-electron chi connectivity index (χ2n) is 5.72. The third-order valence-corrected chi connectivity index (χ3v) is 3.99. The maximum absolute atomic E-state index is 11.9. The monoisotopic (exact) mass is 374 g/mol. The summed E-state index contributed by atoms with van der Waals surface area (Å²) in [6.45, 7) is 0.638. The van der Waals surface area contributed by atoms with Gasteiger partial charge in [0.2, 0.25) is 5.95 Å². The number of carbonyl (C=O) groups is 1. The molecular weight excluding hydrogens is 356 g/mol. The van der Waals surface area contributed by atoms with E-state index in [1.165, 1.54) is 18.0 Å². The molecule has 3 N–H and O–H groups in total. The fourth-order valence-corrected chi connectivity index (χ4v) is 2.56. The van der Waals surface area contributed by atoms with Crippen LogP contribution in [0.2, 0.25) is 5.02 Å². The topological polar surface area (TPSA) is 101 Å². The summed E-state index contributed by atoms with van der Waals surface area (Å²) in [4.78, 5) is 23.7. The van der Waals surface area contributed by atoms with Crippen LogP contribution in [0.15, 0.2) is 41.7 Å². The highest BCUT2D eigenvalue weighted by atomic mass is 35.5. The van der Waals surface area contributed by atoms with Crippen LogP contribution in [0.4, 0.5) is 16.4 Å². The third kappa shape index (κ3) is 5.06. The molecule has 0 saturated carbocycles. The molecule has 1 saturated heterocycles. The molecule has 0 bridgehead atoms. The van der Waals surface area contributed by atoms with E-state index in [0.29, 0.717) is 23.3 Å². The van der Waals surface area contributed by atoms with Gasteiger partial charge in [0.15, 0.2) is 0 Å². The molecule has 8 nitrogen and oxygen atoms in total. The van der Waals surface area contributed by atoms with Crippen molar-refractivity contribution in [2.24, 2.45) is 4.99 Å². The average Bonchev–Trinajstić information content (AvgIpc) is 3.11. The first kappa shape index (κ1) is 17.9. The van der Waals surface area contributed by atoms with Gasteiger partial charge in [0.25, 0.3) is 6.02 Å². The van der Waals surface area contributed by atoms with E-state index in [1.54, 1.807) is 7.05 Å². The number of hydrogen-bond donors (Lipinski definition) is 3. The summed E-state index contributed by atoms with van der Waals surface area (Å²) in [5, 5.41) is 8.90. The Balaban J connectivity index is 1.46. The van der Waals surface area contributed by atoms with Crippen molar-refractivity contribution in [3.8, 4) is 0 Å². The molecule has 1 atom stereocenters. The van der Waals surface area contributed by atoms with Crippen LogP contribution >= 0.6 is 11.6 Å². The molecule has 1 aliphatic heterocycles. The number of urea groups is 1. The molecule has 136 valence electrons. The average molecular weight is 375 g/mol. The molecule has 1 aliphatic rings. The number of nitrogens with one attached hydrogen (secondary N) is 3. The van der Waals surface area contributed by atoms with Crippen molar-refractivity contribution < 1.29 is 9.53 Å². The quantitative estimate of drug-likeness (QED) is 0.747. The summed E-state index contributed by atoms with van der Waals surface area (Å²) < 4.78 is 5.39. The number of halogens is 1. The predicted octanol–water partition coefficient (Wildman–Crippen LogP) is 2.68.